The van der Waals surface area contributed by atoms with Gasteiger partial charge in [0.2, 0.25) is 5.91 Å². The number of ether oxygens (including phenoxy) is 1. The summed E-state index contributed by atoms with van der Waals surface area (Å²) in [7, 11) is 1.75. The number of nitrogens with one attached hydrogen (secondary N) is 2. The van der Waals surface area contributed by atoms with Gasteiger partial charge in [-0.2, -0.15) is 0 Å². The molecule has 0 aromatic heterocycles. The first-order valence-electron chi connectivity index (χ1n) is 11.4. The van der Waals surface area contributed by atoms with Crippen LogP contribution in [0, 0.1) is 0 Å². The van der Waals surface area contributed by atoms with E-state index in [0.717, 1.165) is 43.2 Å². The van der Waals surface area contributed by atoms with Crippen LogP contribution in [0.5, 0.6) is 5.75 Å². The Kier molecular flexibility index (Phi) is 8.14. The quantitative estimate of drug-likeness (QED) is 0.393. The Morgan fingerprint density at radius 2 is 1.78 bits per heavy atom. The molecule has 3 rings (SSSR count). The monoisotopic (exact) mass is 436 g/mol. The number of rotatable bonds is 7. The molecule has 6 heteroatoms. The first-order chi connectivity index (χ1) is 15.4. The minimum atomic E-state index is -0.251. The van der Waals surface area contributed by atoms with E-state index < -0.39 is 0 Å². The lowest BCUT2D eigenvalue weighted by Crippen LogP contribution is -2.39. The first-order valence-corrected chi connectivity index (χ1v) is 11.4. The maximum atomic E-state index is 12.6. The molecule has 1 heterocycles. The van der Waals surface area contributed by atoms with Gasteiger partial charge in [0.15, 0.2) is 5.96 Å². The third-order valence-electron chi connectivity index (χ3n) is 5.40. The molecule has 2 aromatic rings. The number of amides is 1. The lowest BCUT2D eigenvalue weighted by atomic mass is 9.99. The summed E-state index contributed by atoms with van der Waals surface area (Å²) in [5.74, 6) is 1.81. The first kappa shape index (κ1) is 23.6. The van der Waals surface area contributed by atoms with Gasteiger partial charge in [-0.05, 0) is 50.8 Å². The van der Waals surface area contributed by atoms with Crippen molar-refractivity contribution < 1.29 is 9.53 Å². The summed E-state index contributed by atoms with van der Waals surface area (Å²) in [6.45, 7) is 8.96. The minimum absolute atomic E-state index is 0.220. The summed E-state index contributed by atoms with van der Waals surface area (Å²) in [5, 5.41) is 6.65. The van der Waals surface area contributed by atoms with Crippen molar-refractivity contribution in [2.24, 2.45) is 4.99 Å². The molecule has 0 fully saturated rings. The molecule has 0 unspecified atom stereocenters. The molecule has 0 saturated carbocycles. The van der Waals surface area contributed by atoms with E-state index in [-0.39, 0.29) is 11.5 Å². The number of fused-ring (bicyclic) bond motifs is 1. The predicted octanol–water partition coefficient (Wildman–Crippen LogP) is 3.89. The van der Waals surface area contributed by atoms with Crippen LogP contribution in [-0.4, -0.2) is 42.5 Å². The van der Waals surface area contributed by atoms with E-state index in [1.807, 2.05) is 49.9 Å². The summed E-state index contributed by atoms with van der Waals surface area (Å²) in [6, 6.07) is 16.4. The van der Waals surface area contributed by atoms with Crippen LogP contribution in [0.15, 0.2) is 53.5 Å². The van der Waals surface area contributed by atoms with Crippen LogP contribution >= 0.6 is 0 Å². The zero-order chi connectivity index (χ0) is 23.0. The molecular weight excluding hydrogens is 400 g/mol. The van der Waals surface area contributed by atoms with Crippen molar-refractivity contribution in [2.75, 3.05) is 20.1 Å². The maximum Gasteiger partial charge on any atom is 0.222 e. The van der Waals surface area contributed by atoms with Crippen LogP contribution in [0.25, 0.3) is 0 Å². The van der Waals surface area contributed by atoms with E-state index in [1.54, 1.807) is 7.05 Å². The molecule has 0 saturated heterocycles. The van der Waals surface area contributed by atoms with Gasteiger partial charge in [-0.25, -0.2) is 0 Å². The average Bonchev–Trinajstić information content (AvgIpc) is 2.78. The highest BCUT2D eigenvalue weighted by molar-refractivity contribution is 5.80. The van der Waals surface area contributed by atoms with Crippen LogP contribution in [-0.2, 0) is 24.3 Å². The number of guanidine groups is 1. The van der Waals surface area contributed by atoms with Crippen LogP contribution < -0.4 is 15.4 Å². The van der Waals surface area contributed by atoms with Crippen molar-refractivity contribution in [3.8, 4) is 5.75 Å². The molecule has 0 spiro atoms. The van der Waals surface area contributed by atoms with Gasteiger partial charge >= 0.3 is 0 Å². The van der Waals surface area contributed by atoms with Gasteiger partial charge in [-0.15, -0.1) is 0 Å². The van der Waals surface area contributed by atoms with E-state index >= 15 is 0 Å². The third kappa shape index (κ3) is 7.01. The van der Waals surface area contributed by atoms with E-state index in [4.69, 9.17) is 4.74 Å². The summed E-state index contributed by atoms with van der Waals surface area (Å²) in [4.78, 5) is 18.9. The fourth-order valence-electron chi connectivity index (χ4n) is 3.79. The second kappa shape index (κ2) is 11.0. The van der Waals surface area contributed by atoms with Crippen LogP contribution in [0.1, 0.15) is 50.3 Å². The molecule has 172 valence electrons. The highest BCUT2D eigenvalue weighted by atomic mass is 16.5. The Labute approximate surface area is 192 Å². The van der Waals surface area contributed by atoms with E-state index in [0.29, 0.717) is 19.5 Å². The molecule has 2 aromatic carbocycles. The van der Waals surface area contributed by atoms with E-state index in [9.17, 15) is 4.79 Å². The van der Waals surface area contributed by atoms with Crippen LogP contribution in [0.4, 0.5) is 0 Å². The molecule has 6 nitrogen and oxygen atoms in total. The molecular formula is C26H36N4O2. The summed E-state index contributed by atoms with van der Waals surface area (Å²) >= 11 is 0. The number of aliphatic imine (C=N–C) groups is 1. The smallest absolute Gasteiger partial charge is 0.222 e. The number of benzene rings is 2. The van der Waals surface area contributed by atoms with Gasteiger partial charge in [0.05, 0.1) is 0 Å². The maximum absolute atomic E-state index is 12.6. The number of para-hydroxylation sites is 1. The summed E-state index contributed by atoms with van der Waals surface area (Å²) < 4.78 is 6.06. The van der Waals surface area contributed by atoms with Crippen molar-refractivity contribution in [3.05, 3.63) is 65.2 Å². The van der Waals surface area contributed by atoms with E-state index in [1.165, 1.54) is 11.1 Å². The zero-order valence-corrected chi connectivity index (χ0v) is 19.8. The topological polar surface area (TPSA) is 66.0 Å². The van der Waals surface area contributed by atoms with Crippen LogP contribution in [0.3, 0.4) is 0 Å². The molecule has 1 aliphatic heterocycles. The number of carbonyl (C=O) groups excluding carboxylic acids is 1. The normalized spacial score (nSPS) is 14.0. The lowest BCUT2D eigenvalue weighted by molar-refractivity contribution is -0.132. The second-order valence-electron chi connectivity index (χ2n) is 9.11. The zero-order valence-electron chi connectivity index (χ0n) is 19.8. The molecule has 1 aliphatic rings. The largest absolute Gasteiger partial charge is 0.488 e. The highest BCUT2D eigenvalue weighted by Gasteiger charge is 2.20. The van der Waals surface area contributed by atoms with Gasteiger partial charge in [-0.3, -0.25) is 9.79 Å². The molecule has 0 aliphatic carbocycles. The third-order valence-corrected chi connectivity index (χ3v) is 5.40. The van der Waals surface area contributed by atoms with Crippen molar-refractivity contribution in [3.63, 3.8) is 0 Å². The molecule has 1 amide bonds. The fraction of sp³-hybridized carbons (Fsp3) is 0.462. The summed E-state index contributed by atoms with van der Waals surface area (Å²) in [5.41, 5.74) is 3.46. The van der Waals surface area contributed by atoms with Gasteiger partial charge in [0.25, 0.3) is 0 Å². The summed E-state index contributed by atoms with van der Waals surface area (Å²) in [6.07, 6.45) is 2.24. The lowest BCUT2D eigenvalue weighted by Gasteiger charge is -2.29. The van der Waals surface area contributed by atoms with Crippen molar-refractivity contribution in [2.45, 2.75) is 58.7 Å². The van der Waals surface area contributed by atoms with Crippen molar-refractivity contribution in [1.29, 1.82) is 0 Å². The number of hydrogen-bond donors (Lipinski definition) is 2. The molecule has 2 N–H and O–H groups in total. The van der Waals surface area contributed by atoms with Gasteiger partial charge in [-0.1, -0.05) is 42.5 Å². The Morgan fingerprint density at radius 1 is 1.06 bits per heavy atom. The Bertz CT molecular complexity index is 933. The number of carbonyl (C=O) groups is 1. The second-order valence-corrected chi connectivity index (χ2v) is 9.11. The fourth-order valence-corrected chi connectivity index (χ4v) is 3.79. The Balaban J connectivity index is 1.41. The van der Waals surface area contributed by atoms with E-state index in [2.05, 4.69) is 39.9 Å². The predicted molar refractivity (Wildman–Crippen MR) is 130 cm³/mol. The van der Waals surface area contributed by atoms with Gasteiger partial charge in [0.1, 0.15) is 11.4 Å². The number of nitrogens with zero attached hydrogens (tertiary/aromatic N) is 2. The Hall–Kier alpha value is -3.02. The highest BCUT2D eigenvalue weighted by Crippen LogP contribution is 2.23. The van der Waals surface area contributed by atoms with Crippen LogP contribution in [0.2, 0.25) is 0 Å². The van der Waals surface area contributed by atoms with Gasteiger partial charge in [0, 0.05) is 45.2 Å². The Morgan fingerprint density at radius 3 is 2.53 bits per heavy atom. The molecule has 0 bridgehead atoms. The van der Waals surface area contributed by atoms with Crippen molar-refractivity contribution in [1.82, 2.24) is 15.5 Å². The molecule has 32 heavy (non-hydrogen) atoms. The molecule has 0 radical (unpaired) electrons. The minimum Gasteiger partial charge on any atom is -0.488 e. The average molecular weight is 437 g/mol. The number of hydrogen-bond acceptors (Lipinski definition) is 3. The van der Waals surface area contributed by atoms with Gasteiger partial charge < -0.3 is 20.3 Å². The van der Waals surface area contributed by atoms with Crippen molar-refractivity contribution >= 4 is 11.9 Å². The molecule has 0 atom stereocenters. The SMILES string of the molecule is CN=C(NCCCC(=O)N1CCc2ccccc2C1)NCc1ccccc1OC(C)(C)C. The standard InChI is InChI=1S/C26H36N4O2/c1-26(2,3)32-23-13-8-7-11-21(23)18-29-25(27-4)28-16-9-14-24(31)30-17-15-20-10-5-6-12-22(20)19-30/h5-8,10-13H,9,14-19H2,1-4H3,(H2,27,28,29).